The van der Waals surface area contributed by atoms with E-state index in [1.54, 1.807) is 31.4 Å². The Labute approximate surface area is 295 Å². The highest BCUT2D eigenvalue weighted by atomic mass is 32.2. The van der Waals surface area contributed by atoms with Gasteiger partial charge in [-0.2, -0.15) is 0 Å². The van der Waals surface area contributed by atoms with Crippen LogP contribution in [0, 0.1) is 5.41 Å². The molecule has 3 aliphatic rings. The van der Waals surface area contributed by atoms with Crippen LogP contribution in [-0.2, 0) is 23.9 Å². The van der Waals surface area contributed by atoms with E-state index in [1.807, 2.05) is 59.7 Å². The summed E-state index contributed by atoms with van der Waals surface area (Å²) in [5, 5.41) is 7.80. The lowest BCUT2D eigenvalue weighted by Crippen LogP contribution is -2.56. The molecule has 274 valence electrons. The fraction of sp³-hybridized carbons (Fsp3) is 0.583. The Hall–Kier alpha value is -3.84. The minimum atomic E-state index is -0.607. The van der Waals surface area contributed by atoms with Crippen LogP contribution in [0.15, 0.2) is 48.4 Å². The summed E-state index contributed by atoms with van der Waals surface area (Å²) in [5.74, 6) is 0.473. The molecule has 4 amide bonds. The number of likely N-dealkylation sites (tertiary alicyclic amines) is 1. The average molecular weight is 704 g/mol. The standard InChI is InChI=1S/C15H25N3O3.C10H9NO2.C5H12O.C4H7NOS.C2H4/c1-15(2,3)12(16-9-19)14(21)18-8-4-5-11(18)13(20)17-10-6-7-10;1-13-9-6-11-10(12)8-5-3-2-4-7(8)9;1-5(2,3)6-4;6-3-5-7-4-1-2-4;1-2/h9-12H,4-8H2,1-3H3,(H,16,19)(H,17,20);2-6H,1H3,(H,11,12);1-4H3;3-4H,1-2H2,(H,5,6);1-2H2/t11-,12+;;;;/m0..../s1. The second-order valence-electron chi connectivity index (χ2n) is 13.7. The normalized spacial score (nSPS) is 17.1. The van der Waals surface area contributed by atoms with Gasteiger partial charge in [-0.3, -0.25) is 24.0 Å². The maximum Gasteiger partial charge on any atom is 0.256 e. The van der Waals surface area contributed by atoms with Gasteiger partial charge in [0, 0.05) is 36.5 Å². The van der Waals surface area contributed by atoms with Crippen LogP contribution in [0.25, 0.3) is 10.8 Å². The molecule has 12 nitrogen and oxygen atoms in total. The van der Waals surface area contributed by atoms with Crippen LogP contribution in [0.5, 0.6) is 5.75 Å². The van der Waals surface area contributed by atoms with Crippen LogP contribution in [0.3, 0.4) is 0 Å². The number of methoxy groups -OCH3 is 2. The van der Waals surface area contributed by atoms with Crippen molar-refractivity contribution in [1.82, 2.24) is 25.2 Å². The zero-order valence-corrected chi connectivity index (χ0v) is 31.2. The van der Waals surface area contributed by atoms with E-state index in [1.165, 1.54) is 24.8 Å². The zero-order chi connectivity index (χ0) is 37.2. The molecule has 2 aliphatic carbocycles. The Morgan fingerprint density at radius 2 is 1.57 bits per heavy atom. The molecular formula is C36H57N5O7S. The molecule has 0 spiro atoms. The summed E-state index contributed by atoms with van der Waals surface area (Å²) in [5.41, 5.74) is -0.436. The fourth-order valence-electron chi connectivity index (χ4n) is 4.42. The second kappa shape index (κ2) is 21.3. The molecule has 2 heterocycles. The van der Waals surface area contributed by atoms with Crippen molar-refractivity contribution in [1.29, 1.82) is 0 Å². The Morgan fingerprint density at radius 3 is 2.04 bits per heavy atom. The van der Waals surface area contributed by atoms with Gasteiger partial charge in [0.2, 0.25) is 24.6 Å². The van der Waals surface area contributed by atoms with Gasteiger partial charge in [0.05, 0.1) is 18.1 Å². The lowest BCUT2D eigenvalue weighted by Gasteiger charge is -2.34. The van der Waals surface area contributed by atoms with Crippen LogP contribution in [0.4, 0.5) is 0 Å². The minimum Gasteiger partial charge on any atom is -0.495 e. The predicted octanol–water partition coefficient (Wildman–Crippen LogP) is 4.73. The van der Waals surface area contributed by atoms with Crippen LogP contribution < -0.4 is 25.7 Å². The maximum absolute atomic E-state index is 12.7. The van der Waals surface area contributed by atoms with Gasteiger partial charge >= 0.3 is 0 Å². The number of pyridine rings is 1. The fourth-order valence-corrected chi connectivity index (χ4v) is 5.03. The number of aromatic amines is 1. The second-order valence-corrected chi connectivity index (χ2v) is 14.8. The molecule has 13 heteroatoms. The molecule has 3 fully saturated rings. The molecule has 2 saturated carbocycles. The van der Waals surface area contributed by atoms with E-state index in [4.69, 9.17) is 9.47 Å². The van der Waals surface area contributed by atoms with E-state index >= 15 is 0 Å². The average Bonchev–Trinajstić information content (AvgIpc) is 4.02. The van der Waals surface area contributed by atoms with E-state index in [2.05, 4.69) is 33.5 Å². The van der Waals surface area contributed by atoms with Crippen molar-refractivity contribution in [2.75, 3.05) is 20.8 Å². The van der Waals surface area contributed by atoms with Crippen molar-refractivity contribution in [3.8, 4) is 5.75 Å². The molecule has 0 unspecified atom stereocenters. The molecule has 2 aromatic rings. The first-order chi connectivity index (χ1) is 23.2. The first-order valence-corrected chi connectivity index (χ1v) is 17.4. The smallest absolute Gasteiger partial charge is 0.256 e. The van der Waals surface area contributed by atoms with Gasteiger partial charge in [-0.15, -0.1) is 13.2 Å². The van der Waals surface area contributed by atoms with Crippen LogP contribution >= 0.6 is 11.9 Å². The number of H-pyrrole nitrogens is 1. The molecule has 5 rings (SSSR count). The lowest BCUT2D eigenvalue weighted by atomic mass is 9.85. The number of aromatic nitrogens is 1. The maximum atomic E-state index is 12.7. The van der Waals surface area contributed by atoms with Crippen LogP contribution in [0.1, 0.15) is 80.1 Å². The van der Waals surface area contributed by atoms with Gasteiger partial charge in [-0.25, -0.2) is 0 Å². The van der Waals surface area contributed by atoms with Crippen molar-refractivity contribution in [2.24, 2.45) is 5.41 Å². The van der Waals surface area contributed by atoms with Crippen molar-refractivity contribution < 1.29 is 28.7 Å². The van der Waals surface area contributed by atoms with Crippen molar-refractivity contribution >= 4 is 47.4 Å². The third-order valence-corrected chi connectivity index (χ3v) is 8.56. The quantitative estimate of drug-likeness (QED) is 0.166. The molecule has 1 aromatic carbocycles. The van der Waals surface area contributed by atoms with Gasteiger partial charge in [0.25, 0.3) is 5.56 Å². The Balaban J connectivity index is 0.000000362. The summed E-state index contributed by atoms with van der Waals surface area (Å²) in [4.78, 5) is 60.9. The third-order valence-electron chi connectivity index (χ3n) is 7.52. The highest BCUT2D eigenvalue weighted by Crippen LogP contribution is 2.31. The number of hydrogen-bond donors (Lipinski definition) is 4. The number of benzene rings is 1. The van der Waals surface area contributed by atoms with Gasteiger partial charge in [-0.1, -0.05) is 39.0 Å². The molecule has 2 atom stereocenters. The molecule has 1 aliphatic heterocycles. The zero-order valence-electron chi connectivity index (χ0n) is 30.4. The molecule has 0 radical (unpaired) electrons. The number of nitrogens with zero attached hydrogens (tertiary/aromatic N) is 1. The number of hydrogen-bond acceptors (Lipinski definition) is 8. The third kappa shape index (κ3) is 15.9. The largest absolute Gasteiger partial charge is 0.495 e. The lowest BCUT2D eigenvalue weighted by molar-refractivity contribution is -0.142. The highest BCUT2D eigenvalue weighted by molar-refractivity contribution is 7.98. The van der Waals surface area contributed by atoms with Crippen LogP contribution in [-0.4, -0.2) is 84.3 Å². The van der Waals surface area contributed by atoms with E-state index < -0.39 is 17.5 Å². The summed E-state index contributed by atoms with van der Waals surface area (Å²) in [7, 11) is 3.29. The first-order valence-electron chi connectivity index (χ1n) is 16.5. The number of amides is 4. The molecule has 0 bridgehead atoms. The Morgan fingerprint density at radius 1 is 0.980 bits per heavy atom. The molecule has 4 N–H and O–H groups in total. The summed E-state index contributed by atoms with van der Waals surface area (Å²) < 4.78 is 12.6. The number of nitrogens with one attached hydrogen (secondary N) is 4. The van der Waals surface area contributed by atoms with Crippen LogP contribution in [0.2, 0.25) is 0 Å². The summed E-state index contributed by atoms with van der Waals surface area (Å²) in [6, 6.07) is 6.64. The summed E-state index contributed by atoms with van der Waals surface area (Å²) >= 11 is 1.52. The predicted molar refractivity (Wildman–Crippen MR) is 197 cm³/mol. The van der Waals surface area contributed by atoms with Gasteiger partial charge in [-0.05, 0) is 82.7 Å². The van der Waals surface area contributed by atoms with Gasteiger partial charge in [0.1, 0.15) is 17.8 Å². The number of carbonyl (C=O) groups is 4. The Bertz CT molecular complexity index is 1380. The van der Waals surface area contributed by atoms with Crippen molar-refractivity contribution in [2.45, 2.75) is 109 Å². The van der Waals surface area contributed by atoms with E-state index in [0.29, 0.717) is 36.6 Å². The number of ether oxygens (including phenoxy) is 2. The summed E-state index contributed by atoms with van der Waals surface area (Å²) in [6.45, 7) is 18.4. The Kier molecular flexibility index (Phi) is 18.8. The topological polar surface area (TPSA) is 159 Å². The molecule has 49 heavy (non-hydrogen) atoms. The van der Waals surface area contributed by atoms with Crippen molar-refractivity contribution in [3.05, 3.63) is 54.0 Å². The SMILES string of the molecule is C=C.CC(C)(C)[C@H](NC=O)C(=O)N1CCC[C@H]1C(=O)NC1CC1.COC(C)(C)C.COc1c[nH]c(=O)c2ccccc12.O=CNSC1CC1. The number of fused-ring (bicyclic) bond motifs is 1. The monoisotopic (exact) mass is 703 g/mol. The molecule has 1 aromatic heterocycles. The van der Waals surface area contributed by atoms with Crippen molar-refractivity contribution in [3.63, 3.8) is 0 Å². The highest BCUT2D eigenvalue weighted by Gasteiger charge is 2.41. The minimum absolute atomic E-state index is 0.0417. The molecule has 1 saturated heterocycles. The van der Waals surface area contributed by atoms with Gasteiger partial charge < -0.3 is 34.7 Å². The van der Waals surface area contributed by atoms with E-state index in [0.717, 1.165) is 36.3 Å². The van der Waals surface area contributed by atoms with E-state index in [-0.39, 0.29) is 23.0 Å². The van der Waals surface area contributed by atoms with E-state index in [9.17, 15) is 24.0 Å². The van der Waals surface area contributed by atoms with Gasteiger partial charge in [0.15, 0.2) is 0 Å². The summed E-state index contributed by atoms with van der Waals surface area (Å²) in [6.07, 6.45) is 8.98. The first kappa shape index (κ1) is 43.2. The number of rotatable bonds is 9. The molecular weight excluding hydrogens is 646 g/mol. The number of carbonyl (C=O) groups excluding carboxylic acids is 4.